The van der Waals surface area contributed by atoms with Gasteiger partial charge in [0.05, 0.1) is 23.3 Å². The predicted molar refractivity (Wildman–Crippen MR) is 93.2 cm³/mol. The fraction of sp³-hybridized carbons (Fsp3) is 0.188. The number of nitrogens with one attached hydrogen (secondary N) is 1. The molecular formula is C16H17N5O4. The van der Waals surface area contributed by atoms with Crippen molar-refractivity contribution in [3.8, 4) is 0 Å². The van der Waals surface area contributed by atoms with Gasteiger partial charge in [0, 0.05) is 13.6 Å². The molecule has 1 heterocycles. The molecule has 1 N–H and O–H groups in total. The van der Waals surface area contributed by atoms with Crippen LogP contribution in [0.4, 0.5) is 23.0 Å². The Labute approximate surface area is 144 Å². The van der Waals surface area contributed by atoms with Crippen LogP contribution in [-0.4, -0.2) is 41.6 Å². The van der Waals surface area contributed by atoms with Crippen LogP contribution in [0.1, 0.15) is 10.4 Å². The van der Waals surface area contributed by atoms with Crippen molar-refractivity contribution in [2.75, 3.05) is 30.9 Å². The first-order valence-corrected chi connectivity index (χ1v) is 7.26. The Kier molecular flexibility index (Phi) is 5.62. The topological polar surface area (TPSA) is 110 Å². The van der Waals surface area contributed by atoms with E-state index in [1.807, 2.05) is 0 Å². The van der Waals surface area contributed by atoms with Crippen molar-refractivity contribution in [2.24, 2.45) is 0 Å². The number of aromatic nitrogens is 2. The van der Waals surface area contributed by atoms with Crippen LogP contribution >= 0.6 is 0 Å². The van der Waals surface area contributed by atoms with Crippen molar-refractivity contribution < 1.29 is 14.5 Å². The first-order chi connectivity index (χ1) is 12.0. The third-order valence-corrected chi connectivity index (χ3v) is 3.39. The molecule has 0 radical (unpaired) electrons. The number of esters is 1. The lowest BCUT2D eigenvalue weighted by Crippen LogP contribution is -2.18. The second kappa shape index (κ2) is 7.86. The third-order valence-electron chi connectivity index (χ3n) is 3.39. The smallest absolute Gasteiger partial charge is 0.353 e. The fourth-order valence-corrected chi connectivity index (χ4v) is 2.24. The lowest BCUT2D eigenvalue weighted by atomic mass is 10.1. The molecule has 9 heteroatoms. The second-order valence-corrected chi connectivity index (χ2v) is 4.89. The van der Waals surface area contributed by atoms with Gasteiger partial charge in [-0.05, 0) is 12.1 Å². The van der Waals surface area contributed by atoms with Crippen LogP contribution in [0.5, 0.6) is 0 Å². The average molecular weight is 343 g/mol. The number of hydrogen-bond donors (Lipinski definition) is 1. The summed E-state index contributed by atoms with van der Waals surface area (Å²) in [6.45, 7) is 3.86. The normalized spacial score (nSPS) is 10.0. The Morgan fingerprint density at radius 1 is 1.44 bits per heavy atom. The van der Waals surface area contributed by atoms with Crippen molar-refractivity contribution in [3.05, 3.63) is 58.9 Å². The van der Waals surface area contributed by atoms with Gasteiger partial charge in [-0.3, -0.25) is 10.1 Å². The Morgan fingerprint density at radius 2 is 2.16 bits per heavy atom. The van der Waals surface area contributed by atoms with Gasteiger partial charge in [-0.15, -0.1) is 6.58 Å². The number of nitrogens with zero attached hydrogens (tertiary/aromatic N) is 4. The molecule has 0 atom stereocenters. The van der Waals surface area contributed by atoms with E-state index in [0.717, 1.165) is 0 Å². The Bertz CT molecular complexity index is 809. The molecule has 0 fully saturated rings. The number of carbonyl (C=O) groups is 1. The number of anilines is 3. The molecule has 0 unspecified atom stereocenters. The van der Waals surface area contributed by atoms with Crippen LogP contribution in [0.3, 0.4) is 0 Å². The molecule has 2 aromatic rings. The molecule has 0 saturated carbocycles. The molecule has 0 amide bonds. The van der Waals surface area contributed by atoms with Crippen LogP contribution < -0.4 is 10.2 Å². The minimum absolute atomic E-state index is 0.0444. The summed E-state index contributed by atoms with van der Waals surface area (Å²) < 4.78 is 4.76. The summed E-state index contributed by atoms with van der Waals surface area (Å²) in [5.41, 5.74) is 0.387. The summed E-state index contributed by atoms with van der Waals surface area (Å²) in [6, 6.07) is 6.60. The van der Waals surface area contributed by atoms with Gasteiger partial charge >= 0.3 is 11.7 Å². The minimum atomic E-state index is -0.571. The van der Waals surface area contributed by atoms with Crippen molar-refractivity contribution in [1.82, 2.24) is 9.97 Å². The monoisotopic (exact) mass is 343 g/mol. The standard InChI is InChI=1S/C16H17N5O4/c1-4-9-17-14-13(21(23)24)15(19-10-18-14)20(2)12-8-6-5-7-11(12)16(22)25-3/h4-8,10H,1,9H2,2-3H3,(H,17,18,19). The third kappa shape index (κ3) is 3.71. The van der Waals surface area contributed by atoms with Gasteiger partial charge in [-0.1, -0.05) is 18.2 Å². The minimum Gasteiger partial charge on any atom is -0.465 e. The number of benzene rings is 1. The summed E-state index contributed by atoms with van der Waals surface area (Å²) >= 11 is 0. The quantitative estimate of drug-likeness (QED) is 0.353. The number of methoxy groups -OCH3 is 1. The van der Waals surface area contributed by atoms with E-state index in [1.54, 1.807) is 37.4 Å². The molecule has 9 nitrogen and oxygen atoms in total. The molecule has 0 bridgehead atoms. The zero-order valence-electron chi connectivity index (χ0n) is 13.8. The van der Waals surface area contributed by atoms with Gasteiger partial charge < -0.3 is 15.0 Å². The molecule has 0 aliphatic heterocycles. The summed E-state index contributed by atoms with van der Waals surface area (Å²) in [7, 11) is 2.85. The zero-order valence-corrected chi connectivity index (χ0v) is 13.8. The van der Waals surface area contributed by atoms with Crippen LogP contribution in [0.15, 0.2) is 43.2 Å². The summed E-state index contributed by atoms with van der Waals surface area (Å²) in [4.78, 5) is 32.3. The van der Waals surface area contributed by atoms with Crippen LogP contribution in [0, 0.1) is 10.1 Å². The van der Waals surface area contributed by atoms with Gasteiger partial charge in [0.15, 0.2) is 0 Å². The predicted octanol–water partition coefficient (Wildman–Crippen LogP) is 2.54. The number of para-hydroxylation sites is 1. The lowest BCUT2D eigenvalue weighted by Gasteiger charge is -2.21. The molecule has 0 saturated heterocycles. The van der Waals surface area contributed by atoms with Crippen LogP contribution in [0.2, 0.25) is 0 Å². The van der Waals surface area contributed by atoms with Crippen molar-refractivity contribution in [2.45, 2.75) is 0 Å². The van der Waals surface area contributed by atoms with E-state index in [4.69, 9.17) is 4.74 Å². The SMILES string of the molecule is C=CCNc1ncnc(N(C)c2ccccc2C(=O)OC)c1[N+](=O)[O-]. The van der Waals surface area contributed by atoms with Crippen LogP contribution in [-0.2, 0) is 4.74 Å². The van der Waals surface area contributed by atoms with Gasteiger partial charge in [0.2, 0.25) is 11.6 Å². The van der Waals surface area contributed by atoms with Crippen LogP contribution in [0.25, 0.3) is 0 Å². The molecule has 2 rings (SSSR count). The highest BCUT2D eigenvalue weighted by atomic mass is 16.6. The number of ether oxygens (including phenoxy) is 1. The molecule has 0 aliphatic carbocycles. The highest BCUT2D eigenvalue weighted by Gasteiger charge is 2.27. The lowest BCUT2D eigenvalue weighted by molar-refractivity contribution is -0.383. The largest absolute Gasteiger partial charge is 0.465 e. The zero-order chi connectivity index (χ0) is 18.4. The molecule has 25 heavy (non-hydrogen) atoms. The summed E-state index contributed by atoms with van der Waals surface area (Å²) in [5, 5.41) is 14.4. The highest BCUT2D eigenvalue weighted by molar-refractivity contribution is 5.97. The Morgan fingerprint density at radius 3 is 2.80 bits per heavy atom. The molecular weight excluding hydrogens is 326 g/mol. The Hall–Kier alpha value is -3.49. The van der Waals surface area contributed by atoms with E-state index in [9.17, 15) is 14.9 Å². The van der Waals surface area contributed by atoms with E-state index < -0.39 is 10.9 Å². The van der Waals surface area contributed by atoms with E-state index in [1.165, 1.54) is 18.3 Å². The molecule has 0 spiro atoms. The van der Waals surface area contributed by atoms with Gasteiger partial charge in [-0.25, -0.2) is 14.8 Å². The summed E-state index contributed by atoms with van der Waals surface area (Å²) in [6.07, 6.45) is 2.77. The van der Waals surface area contributed by atoms with E-state index in [2.05, 4.69) is 21.9 Å². The first-order valence-electron chi connectivity index (χ1n) is 7.26. The number of nitro groups is 1. The van der Waals surface area contributed by atoms with Gasteiger partial charge in [0.25, 0.3) is 0 Å². The van der Waals surface area contributed by atoms with E-state index in [-0.39, 0.29) is 22.9 Å². The van der Waals surface area contributed by atoms with E-state index in [0.29, 0.717) is 12.2 Å². The molecule has 1 aromatic heterocycles. The van der Waals surface area contributed by atoms with Gasteiger partial charge in [0.1, 0.15) is 6.33 Å². The van der Waals surface area contributed by atoms with Gasteiger partial charge in [-0.2, -0.15) is 0 Å². The maximum Gasteiger partial charge on any atom is 0.353 e. The maximum atomic E-state index is 12.0. The molecule has 130 valence electrons. The average Bonchev–Trinajstić information content (AvgIpc) is 2.64. The highest BCUT2D eigenvalue weighted by Crippen LogP contribution is 2.36. The first kappa shape index (κ1) is 17.9. The second-order valence-electron chi connectivity index (χ2n) is 4.89. The molecule has 0 aliphatic rings. The number of hydrogen-bond acceptors (Lipinski definition) is 8. The number of carbonyl (C=O) groups excluding carboxylic acids is 1. The van der Waals surface area contributed by atoms with Crippen molar-refractivity contribution >= 4 is 29.0 Å². The maximum absolute atomic E-state index is 12.0. The molecule has 1 aromatic carbocycles. The number of rotatable bonds is 7. The fourth-order valence-electron chi connectivity index (χ4n) is 2.24. The van der Waals surface area contributed by atoms with Crippen molar-refractivity contribution in [3.63, 3.8) is 0 Å². The van der Waals surface area contributed by atoms with Crippen molar-refractivity contribution in [1.29, 1.82) is 0 Å². The Balaban J connectivity index is 2.57. The summed E-state index contributed by atoms with van der Waals surface area (Å²) in [5.74, 6) is -0.440. The van der Waals surface area contributed by atoms with E-state index >= 15 is 0 Å².